The second-order valence-corrected chi connectivity index (χ2v) is 9.68. The summed E-state index contributed by atoms with van der Waals surface area (Å²) in [5.41, 5.74) is 6.02. The molecule has 7 aromatic rings. The lowest BCUT2D eigenvalue weighted by atomic mass is 10.2. The van der Waals surface area contributed by atoms with Crippen LogP contribution in [0, 0.1) is 0 Å². The number of rotatable bonds is 7. The lowest BCUT2D eigenvalue weighted by Gasteiger charge is -2.25. The molecule has 7 rings (SSSR count). The molecule has 0 amide bonds. The zero-order valence-corrected chi connectivity index (χ0v) is 22.7. The van der Waals surface area contributed by atoms with E-state index in [4.69, 9.17) is 15.0 Å². The third kappa shape index (κ3) is 5.05. The molecule has 0 unspecified atom stereocenters. The van der Waals surface area contributed by atoms with Crippen molar-refractivity contribution in [2.24, 2.45) is 0 Å². The van der Waals surface area contributed by atoms with E-state index in [0.717, 1.165) is 33.9 Å². The van der Waals surface area contributed by atoms with Crippen molar-refractivity contribution >= 4 is 17.1 Å². The van der Waals surface area contributed by atoms with Gasteiger partial charge in [-0.3, -0.25) is 4.57 Å². The third-order valence-corrected chi connectivity index (χ3v) is 6.95. The van der Waals surface area contributed by atoms with Crippen LogP contribution >= 0.6 is 0 Å². The molecule has 2 heterocycles. The van der Waals surface area contributed by atoms with Gasteiger partial charge in [0.05, 0.1) is 0 Å². The largest absolute Gasteiger partial charge is 0.311 e. The van der Waals surface area contributed by atoms with E-state index in [9.17, 15) is 0 Å². The summed E-state index contributed by atoms with van der Waals surface area (Å²) in [6.07, 6.45) is 3.71. The van der Waals surface area contributed by atoms with Crippen molar-refractivity contribution in [1.82, 2.24) is 24.5 Å². The highest BCUT2D eigenvalue weighted by atomic mass is 15.2. The Bertz CT molecular complexity index is 1810. The summed E-state index contributed by atoms with van der Waals surface area (Å²) in [4.78, 5) is 21.5. The number of hydrogen-bond acceptors (Lipinski definition) is 5. The van der Waals surface area contributed by atoms with E-state index in [1.807, 2.05) is 83.6 Å². The Hall–Kier alpha value is -5.88. The van der Waals surface area contributed by atoms with Crippen molar-refractivity contribution in [2.45, 2.75) is 0 Å². The zero-order chi connectivity index (χ0) is 28.1. The van der Waals surface area contributed by atoms with Crippen molar-refractivity contribution in [3.63, 3.8) is 0 Å². The topological polar surface area (TPSA) is 59.7 Å². The average Bonchev–Trinajstić information content (AvgIpc) is 3.57. The van der Waals surface area contributed by atoms with E-state index in [2.05, 4.69) is 82.7 Å². The van der Waals surface area contributed by atoms with Crippen molar-refractivity contribution in [3.05, 3.63) is 158 Å². The Kier molecular flexibility index (Phi) is 6.76. The Balaban J connectivity index is 1.29. The summed E-state index contributed by atoms with van der Waals surface area (Å²) in [7, 11) is 0. The van der Waals surface area contributed by atoms with Crippen LogP contribution in [-0.4, -0.2) is 24.5 Å². The van der Waals surface area contributed by atoms with Crippen molar-refractivity contribution < 1.29 is 0 Å². The number of benzene rings is 5. The van der Waals surface area contributed by atoms with Crippen LogP contribution in [-0.2, 0) is 0 Å². The van der Waals surface area contributed by atoms with Crippen molar-refractivity contribution in [2.75, 3.05) is 4.90 Å². The van der Waals surface area contributed by atoms with Gasteiger partial charge in [-0.1, -0.05) is 97.1 Å². The Morgan fingerprint density at radius 3 is 1.36 bits per heavy atom. The molecular weight excluding hydrogens is 516 g/mol. The smallest absolute Gasteiger partial charge is 0.200 e. The van der Waals surface area contributed by atoms with E-state index >= 15 is 0 Å². The molecule has 2 aromatic heterocycles. The summed E-state index contributed by atoms with van der Waals surface area (Å²) in [5, 5.41) is 0. The molecule has 5 aromatic carbocycles. The summed E-state index contributed by atoms with van der Waals surface area (Å²) in [6.45, 7) is 0. The van der Waals surface area contributed by atoms with Crippen molar-refractivity contribution in [1.29, 1.82) is 0 Å². The van der Waals surface area contributed by atoms with E-state index in [-0.39, 0.29) is 0 Å². The van der Waals surface area contributed by atoms with E-state index in [0.29, 0.717) is 23.3 Å². The van der Waals surface area contributed by atoms with E-state index in [1.54, 1.807) is 6.20 Å². The highest BCUT2D eigenvalue weighted by molar-refractivity contribution is 5.77. The van der Waals surface area contributed by atoms with Gasteiger partial charge in [-0.25, -0.2) is 19.9 Å². The molecule has 6 nitrogen and oxygen atoms in total. The molecule has 0 atom stereocenters. The first-order valence-corrected chi connectivity index (χ1v) is 13.7. The van der Waals surface area contributed by atoms with Gasteiger partial charge in [0.15, 0.2) is 23.3 Å². The fourth-order valence-corrected chi connectivity index (χ4v) is 4.95. The van der Waals surface area contributed by atoms with Crippen LogP contribution in [0.1, 0.15) is 0 Å². The molecule has 0 aliphatic carbocycles. The molecule has 0 saturated heterocycles. The van der Waals surface area contributed by atoms with Crippen LogP contribution in [0.4, 0.5) is 17.1 Å². The first kappa shape index (κ1) is 25.1. The van der Waals surface area contributed by atoms with Gasteiger partial charge < -0.3 is 4.90 Å². The molecule has 0 bridgehead atoms. The molecule has 0 aliphatic rings. The lowest BCUT2D eigenvalue weighted by Crippen LogP contribution is -2.10. The second kappa shape index (κ2) is 11.3. The van der Waals surface area contributed by atoms with Crippen LogP contribution in [0.3, 0.4) is 0 Å². The summed E-state index contributed by atoms with van der Waals surface area (Å²) < 4.78 is 2.01. The highest BCUT2D eigenvalue weighted by Crippen LogP contribution is 2.35. The molecule has 0 spiro atoms. The molecule has 0 radical (unpaired) electrons. The molecule has 0 aliphatic heterocycles. The van der Waals surface area contributed by atoms with Crippen LogP contribution in [0.25, 0.3) is 40.1 Å². The SMILES string of the molecule is c1ccc(-c2nc(-c3ccccc3)nc(-c3nccn3-c3ccc(N(c4ccccc4)c4ccccc4)cc3)n2)cc1. The molecule has 42 heavy (non-hydrogen) atoms. The monoisotopic (exact) mass is 542 g/mol. The van der Waals surface area contributed by atoms with Gasteiger partial charge in [0.1, 0.15) is 0 Å². The Labute approximate surface area is 244 Å². The standard InChI is InChI=1S/C36H26N6/c1-5-13-27(14-6-1)33-38-34(28-15-7-2-8-16-28)40-35(39-33)36-37-25-26-41(36)29-21-23-32(24-22-29)42(30-17-9-3-10-18-30)31-19-11-4-12-20-31/h1-26H. The maximum atomic E-state index is 4.87. The fourth-order valence-electron chi connectivity index (χ4n) is 4.95. The van der Waals surface area contributed by atoms with Crippen LogP contribution < -0.4 is 4.90 Å². The number of para-hydroxylation sites is 2. The first-order chi connectivity index (χ1) is 20.8. The number of aromatic nitrogens is 5. The maximum absolute atomic E-state index is 4.87. The average molecular weight is 543 g/mol. The Morgan fingerprint density at radius 1 is 0.429 bits per heavy atom. The fraction of sp³-hybridized carbons (Fsp3) is 0. The maximum Gasteiger partial charge on any atom is 0.200 e. The predicted molar refractivity (Wildman–Crippen MR) is 168 cm³/mol. The van der Waals surface area contributed by atoms with Gasteiger partial charge in [0, 0.05) is 46.3 Å². The second-order valence-electron chi connectivity index (χ2n) is 9.68. The summed E-state index contributed by atoms with van der Waals surface area (Å²) >= 11 is 0. The van der Waals surface area contributed by atoms with Gasteiger partial charge in [-0.2, -0.15) is 0 Å². The Morgan fingerprint density at radius 2 is 0.857 bits per heavy atom. The molecule has 0 N–H and O–H groups in total. The minimum atomic E-state index is 0.506. The summed E-state index contributed by atoms with van der Waals surface area (Å²) in [5.74, 6) is 2.35. The number of nitrogens with zero attached hydrogens (tertiary/aromatic N) is 6. The van der Waals surface area contributed by atoms with Gasteiger partial charge in [0.25, 0.3) is 0 Å². The minimum Gasteiger partial charge on any atom is -0.311 e. The summed E-state index contributed by atoms with van der Waals surface area (Å²) in [6, 6.07) is 49.1. The van der Waals surface area contributed by atoms with Gasteiger partial charge in [-0.05, 0) is 48.5 Å². The normalized spacial score (nSPS) is 10.9. The highest BCUT2D eigenvalue weighted by Gasteiger charge is 2.17. The number of imidazole rings is 1. The van der Waals surface area contributed by atoms with Crippen LogP contribution in [0.2, 0.25) is 0 Å². The van der Waals surface area contributed by atoms with E-state index < -0.39 is 0 Å². The number of anilines is 3. The quantitative estimate of drug-likeness (QED) is 0.202. The lowest BCUT2D eigenvalue weighted by molar-refractivity contribution is 0.996. The van der Waals surface area contributed by atoms with E-state index in [1.165, 1.54) is 0 Å². The molecule has 6 heteroatoms. The molecule has 200 valence electrons. The first-order valence-electron chi connectivity index (χ1n) is 13.7. The van der Waals surface area contributed by atoms with Crippen LogP contribution in [0.5, 0.6) is 0 Å². The van der Waals surface area contributed by atoms with Gasteiger partial charge in [-0.15, -0.1) is 0 Å². The predicted octanol–water partition coefficient (Wildman–Crippen LogP) is 8.53. The van der Waals surface area contributed by atoms with Crippen molar-refractivity contribution in [3.8, 4) is 40.1 Å². The molecule has 0 fully saturated rings. The molecular formula is C36H26N6. The molecule has 0 saturated carbocycles. The van der Waals surface area contributed by atoms with Gasteiger partial charge in [0.2, 0.25) is 0 Å². The van der Waals surface area contributed by atoms with Crippen LogP contribution in [0.15, 0.2) is 158 Å². The minimum absolute atomic E-state index is 0.506. The third-order valence-electron chi connectivity index (χ3n) is 6.95. The number of hydrogen-bond donors (Lipinski definition) is 0. The zero-order valence-electron chi connectivity index (χ0n) is 22.7. The van der Waals surface area contributed by atoms with Gasteiger partial charge >= 0.3 is 0 Å².